The number of carboxylic acid groups (broad SMARTS) is 1. The van der Waals surface area contributed by atoms with Crippen LogP contribution in [-0.2, 0) is 13.0 Å². The van der Waals surface area contributed by atoms with Gasteiger partial charge in [0.25, 0.3) is 0 Å². The third-order valence-corrected chi connectivity index (χ3v) is 3.18. The quantitative estimate of drug-likeness (QED) is 0.866. The molecule has 2 N–H and O–H groups in total. The van der Waals surface area contributed by atoms with Gasteiger partial charge in [0.05, 0.1) is 6.61 Å². The molecular weight excluding hydrogens is 242 g/mol. The molecule has 0 aliphatic rings. The maximum atomic E-state index is 11.1. The van der Waals surface area contributed by atoms with Crippen molar-refractivity contribution in [2.24, 2.45) is 0 Å². The molecule has 1 aromatic heterocycles. The van der Waals surface area contributed by atoms with Gasteiger partial charge in [-0.2, -0.15) is 0 Å². The number of rotatable bonds is 5. The van der Waals surface area contributed by atoms with Crippen LogP contribution in [-0.4, -0.2) is 27.4 Å². The highest BCUT2D eigenvalue weighted by molar-refractivity contribution is 5.87. The van der Waals surface area contributed by atoms with Gasteiger partial charge in [-0.15, -0.1) is 0 Å². The standard InChI is InChI=1S/C15H17NO3/c1-2-11-3-5-12(6-4-11)13-7-8-14(15(18)19)16(13)9-10-17/h3-8,17H,2,9-10H2,1H3,(H,18,19). The van der Waals surface area contributed by atoms with E-state index in [1.165, 1.54) is 5.56 Å². The van der Waals surface area contributed by atoms with Crippen LogP contribution >= 0.6 is 0 Å². The lowest BCUT2D eigenvalue weighted by Gasteiger charge is -2.10. The zero-order valence-electron chi connectivity index (χ0n) is 10.8. The van der Waals surface area contributed by atoms with Crippen LogP contribution in [0.2, 0.25) is 0 Å². The number of hydrogen-bond donors (Lipinski definition) is 2. The van der Waals surface area contributed by atoms with E-state index in [4.69, 9.17) is 10.2 Å². The fraction of sp³-hybridized carbons (Fsp3) is 0.267. The van der Waals surface area contributed by atoms with Crippen molar-refractivity contribution in [2.45, 2.75) is 19.9 Å². The molecule has 1 heterocycles. The van der Waals surface area contributed by atoms with E-state index in [1.807, 2.05) is 24.3 Å². The van der Waals surface area contributed by atoms with Crippen molar-refractivity contribution in [3.8, 4) is 11.3 Å². The summed E-state index contributed by atoms with van der Waals surface area (Å²) in [6, 6.07) is 11.4. The Morgan fingerprint density at radius 3 is 2.37 bits per heavy atom. The molecule has 0 fully saturated rings. The molecule has 4 heteroatoms. The highest BCUT2D eigenvalue weighted by Gasteiger charge is 2.14. The second kappa shape index (κ2) is 5.71. The summed E-state index contributed by atoms with van der Waals surface area (Å²) in [5, 5.41) is 18.2. The Kier molecular flexibility index (Phi) is 4.02. The molecule has 2 aromatic rings. The zero-order valence-corrected chi connectivity index (χ0v) is 10.8. The van der Waals surface area contributed by atoms with E-state index in [9.17, 15) is 4.79 Å². The van der Waals surface area contributed by atoms with E-state index >= 15 is 0 Å². The normalized spacial score (nSPS) is 10.6. The summed E-state index contributed by atoms with van der Waals surface area (Å²) in [6.45, 7) is 2.28. The van der Waals surface area contributed by atoms with E-state index in [2.05, 4.69) is 6.92 Å². The molecule has 0 bridgehead atoms. The molecule has 100 valence electrons. The molecule has 0 saturated heterocycles. The van der Waals surface area contributed by atoms with Crippen molar-refractivity contribution in [1.82, 2.24) is 4.57 Å². The smallest absolute Gasteiger partial charge is 0.352 e. The number of hydrogen-bond acceptors (Lipinski definition) is 2. The van der Waals surface area contributed by atoms with Crippen LogP contribution in [0.5, 0.6) is 0 Å². The summed E-state index contributed by atoms with van der Waals surface area (Å²) in [4.78, 5) is 11.1. The minimum Gasteiger partial charge on any atom is -0.477 e. The number of carboxylic acids is 1. The van der Waals surface area contributed by atoms with Crippen molar-refractivity contribution in [3.63, 3.8) is 0 Å². The molecule has 19 heavy (non-hydrogen) atoms. The molecular formula is C15H17NO3. The van der Waals surface area contributed by atoms with Crippen molar-refractivity contribution in [2.75, 3.05) is 6.61 Å². The van der Waals surface area contributed by atoms with Crippen molar-refractivity contribution in [3.05, 3.63) is 47.7 Å². The lowest BCUT2D eigenvalue weighted by Crippen LogP contribution is -2.11. The summed E-state index contributed by atoms with van der Waals surface area (Å²) < 4.78 is 1.63. The zero-order chi connectivity index (χ0) is 13.8. The number of aryl methyl sites for hydroxylation is 1. The molecule has 0 atom stereocenters. The van der Waals surface area contributed by atoms with Crippen molar-refractivity contribution < 1.29 is 15.0 Å². The van der Waals surface area contributed by atoms with Gasteiger partial charge in [0, 0.05) is 12.2 Å². The Morgan fingerprint density at radius 2 is 1.84 bits per heavy atom. The number of carbonyl (C=O) groups is 1. The summed E-state index contributed by atoms with van der Waals surface area (Å²) >= 11 is 0. The van der Waals surface area contributed by atoms with Crippen LogP contribution in [0.15, 0.2) is 36.4 Å². The predicted octanol–water partition coefficient (Wildman–Crippen LogP) is 2.41. The molecule has 4 nitrogen and oxygen atoms in total. The lowest BCUT2D eigenvalue weighted by atomic mass is 10.1. The summed E-state index contributed by atoms with van der Waals surface area (Å²) in [5.41, 5.74) is 3.21. The molecule has 2 rings (SSSR count). The SMILES string of the molecule is CCc1ccc(-c2ccc(C(=O)O)n2CCO)cc1. The number of benzene rings is 1. The van der Waals surface area contributed by atoms with Gasteiger partial charge in [-0.1, -0.05) is 31.2 Å². The van der Waals surface area contributed by atoms with Crippen LogP contribution in [0.25, 0.3) is 11.3 Å². The third kappa shape index (κ3) is 2.69. The van der Waals surface area contributed by atoms with E-state index in [-0.39, 0.29) is 18.8 Å². The second-order valence-electron chi connectivity index (χ2n) is 4.33. The Morgan fingerprint density at radius 1 is 1.16 bits per heavy atom. The van der Waals surface area contributed by atoms with Gasteiger partial charge < -0.3 is 14.8 Å². The molecule has 0 spiro atoms. The molecule has 1 aromatic carbocycles. The first-order valence-electron chi connectivity index (χ1n) is 6.30. The minimum atomic E-state index is -0.982. The maximum Gasteiger partial charge on any atom is 0.352 e. The first-order chi connectivity index (χ1) is 9.17. The van der Waals surface area contributed by atoms with E-state index < -0.39 is 5.97 Å². The first kappa shape index (κ1) is 13.4. The van der Waals surface area contributed by atoms with Crippen molar-refractivity contribution in [1.29, 1.82) is 0 Å². The Labute approximate surface area is 111 Å². The number of aromatic nitrogens is 1. The molecule has 0 amide bonds. The van der Waals surface area contributed by atoms with E-state index in [1.54, 1.807) is 16.7 Å². The molecule has 0 unspecified atom stereocenters. The number of aromatic carboxylic acids is 1. The Balaban J connectivity index is 2.45. The van der Waals surface area contributed by atoms with Crippen LogP contribution in [0.3, 0.4) is 0 Å². The topological polar surface area (TPSA) is 62.5 Å². The summed E-state index contributed by atoms with van der Waals surface area (Å²) in [6.07, 6.45) is 0.971. The number of nitrogens with zero attached hydrogens (tertiary/aromatic N) is 1. The highest BCUT2D eigenvalue weighted by atomic mass is 16.4. The van der Waals surface area contributed by atoms with E-state index in [0.29, 0.717) is 0 Å². The van der Waals surface area contributed by atoms with Crippen LogP contribution in [0.4, 0.5) is 0 Å². The molecule has 0 radical (unpaired) electrons. The van der Waals surface area contributed by atoms with Gasteiger partial charge in [-0.25, -0.2) is 4.79 Å². The average Bonchev–Trinajstić information content (AvgIpc) is 2.83. The molecule has 0 aliphatic heterocycles. The fourth-order valence-corrected chi connectivity index (χ4v) is 2.16. The first-order valence-corrected chi connectivity index (χ1v) is 6.30. The summed E-state index contributed by atoms with van der Waals surface area (Å²) in [7, 11) is 0. The monoisotopic (exact) mass is 259 g/mol. The van der Waals surface area contributed by atoms with Gasteiger partial charge in [-0.3, -0.25) is 0 Å². The minimum absolute atomic E-state index is 0.0883. The van der Waals surface area contributed by atoms with Gasteiger partial charge in [-0.05, 0) is 29.7 Å². The van der Waals surface area contributed by atoms with Crippen LogP contribution in [0.1, 0.15) is 23.0 Å². The van der Waals surface area contributed by atoms with Gasteiger partial charge >= 0.3 is 5.97 Å². The lowest BCUT2D eigenvalue weighted by molar-refractivity contribution is 0.0684. The number of aliphatic hydroxyl groups excluding tert-OH is 1. The Hall–Kier alpha value is -2.07. The predicted molar refractivity (Wildman–Crippen MR) is 73.3 cm³/mol. The molecule has 0 saturated carbocycles. The fourth-order valence-electron chi connectivity index (χ4n) is 2.16. The highest BCUT2D eigenvalue weighted by Crippen LogP contribution is 2.23. The van der Waals surface area contributed by atoms with Gasteiger partial charge in [0.2, 0.25) is 0 Å². The second-order valence-corrected chi connectivity index (χ2v) is 4.33. The van der Waals surface area contributed by atoms with Gasteiger partial charge in [0.1, 0.15) is 5.69 Å². The van der Waals surface area contributed by atoms with Gasteiger partial charge in [0.15, 0.2) is 0 Å². The average molecular weight is 259 g/mol. The third-order valence-electron chi connectivity index (χ3n) is 3.18. The van der Waals surface area contributed by atoms with Crippen molar-refractivity contribution >= 4 is 5.97 Å². The maximum absolute atomic E-state index is 11.1. The number of aliphatic hydroxyl groups is 1. The largest absolute Gasteiger partial charge is 0.477 e. The Bertz CT molecular complexity index is 570. The van der Waals surface area contributed by atoms with Crippen LogP contribution in [0, 0.1) is 0 Å². The van der Waals surface area contributed by atoms with Crippen LogP contribution < -0.4 is 0 Å². The van der Waals surface area contributed by atoms with E-state index in [0.717, 1.165) is 17.7 Å². The molecule has 0 aliphatic carbocycles. The summed E-state index contributed by atoms with van der Waals surface area (Å²) in [5.74, 6) is -0.982.